The van der Waals surface area contributed by atoms with Crippen LogP contribution in [-0.4, -0.2) is 19.8 Å². The van der Waals surface area contributed by atoms with Gasteiger partial charge in [0.05, 0.1) is 16.8 Å². The number of rotatable bonds is 4. The fourth-order valence-electron chi connectivity index (χ4n) is 1.75. The quantitative estimate of drug-likeness (QED) is 0.877. The molecule has 0 saturated heterocycles. The van der Waals surface area contributed by atoms with Gasteiger partial charge in [-0.15, -0.1) is 0 Å². The van der Waals surface area contributed by atoms with Gasteiger partial charge in [0.2, 0.25) is 10.0 Å². The smallest absolute Gasteiger partial charge is 0.243 e. The average Bonchev–Trinajstić information content (AvgIpc) is 2.78. The third-order valence-corrected chi connectivity index (χ3v) is 4.84. The molecule has 2 rings (SSSR count). The van der Waals surface area contributed by atoms with E-state index >= 15 is 0 Å². The molecule has 1 heterocycles. The zero-order valence-electron chi connectivity index (χ0n) is 11.1. The number of nitrogen functional groups attached to an aromatic ring is 1. The van der Waals surface area contributed by atoms with Gasteiger partial charge < -0.3 is 10.2 Å². The number of sulfonamides is 1. The molecule has 0 fully saturated rings. The second-order valence-corrected chi connectivity index (χ2v) is 6.49. The van der Waals surface area contributed by atoms with Gasteiger partial charge in [-0.1, -0.05) is 0 Å². The monoisotopic (exact) mass is 298 g/mol. The van der Waals surface area contributed by atoms with E-state index in [1.807, 2.05) is 0 Å². The zero-order chi connectivity index (χ0) is 14.9. The summed E-state index contributed by atoms with van der Waals surface area (Å²) < 4.78 is 44.3. The molecule has 0 bridgehead atoms. The van der Waals surface area contributed by atoms with E-state index in [4.69, 9.17) is 10.2 Å². The molecule has 108 valence electrons. The average molecular weight is 298 g/mol. The van der Waals surface area contributed by atoms with Gasteiger partial charge in [-0.05, 0) is 31.2 Å². The van der Waals surface area contributed by atoms with Crippen molar-refractivity contribution in [3.05, 3.63) is 47.7 Å². The molecule has 0 aliphatic heterocycles. The normalized spacial score (nSPS) is 12.0. The van der Waals surface area contributed by atoms with E-state index in [1.165, 1.54) is 25.4 Å². The van der Waals surface area contributed by atoms with Crippen LogP contribution in [0.3, 0.4) is 0 Å². The first-order valence-electron chi connectivity index (χ1n) is 5.86. The molecule has 2 aromatic rings. The van der Waals surface area contributed by atoms with Crippen LogP contribution in [0.2, 0.25) is 0 Å². The van der Waals surface area contributed by atoms with E-state index in [-0.39, 0.29) is 17.1 Å². The highest BCUT2D eigenvalue weighted by molar-refractivity contribution is 7.89. The van der Waals surface area contributed by atoms with Crippen LogP contribution in [-0.2, 0) is 16.6 Å². The molecule has 5 nitrogen and oxygen atoms in total. The van der Waals surface area contributed by atoms with Gasteiger partial charge in [0, 0.05) is 19.2 Å². The standard InChI is InChI=1S/C13H15FN2O3S/c1-9-10(5-6-19-9)8-16(2)20(17,18)11-3-4-13(15)12(14)7-11/h3-7H,8,15H2,1-2H3. The van der Waals surface area contributed by atoms with Gasteiger partial charge in [0.1, 0.15) is 11.6 Å². The molecule has 1 aromatic heterocycles. The molecule has 2 N–H and O–H groups in total. The predicted molar refractivity (Wildman–Crippen MR) is 72.9 cm³/mol. The lowest BCUT2D eigenvalue weighted by Gasteiger charge is -2.17. The molecular weight excluding hydrogens is 283 g/mol. The van der Waals surface area contributed by atoms with Gasteiger partial charge in [-0.25, -0.2) is 12.8 Å². The number of anilines is 1. The number of hydrogen-bond donors (Lipinski definition) is 1. The number of aryl methyl sites for hydroxylation is 1. The fourth-order valence-corrected chi connectivity index (χ4v) is 2.91. The van der Waals surface area contributed by atoms with Crippen LogP contribution in [0.1, 0.15) is 11.3 Å². The van der Waals surface area contributed by atoms with Crippen LogP contribution in [0.4, 0.5) is 10.1 Å². The molecule has 0 saturated carbocycles. The Labute approximate surface area is 116 Å². The van der Waals surface area contributed by atoms with E-state index in [0.29, 0.717) is 5.76 Å². The van der Waals surface area contributed by atoms with Crippen molar-refractivity contribution >= 4 is 15.7 Å². The lowest BCUT2D eigenvalue weighted by atomic mass is 10.3. The summed E-state index contributed by atoms with van der Waals surface area (Å²) in [5.41, 5.74) is 6.01. The highest BCUT2D eigenvalue weighted by Gasteiger charge is 2.22. The number of halogens is 1. The second-order valence-electron chi connectivity index (χ2n) is 4.45. The Kier molecular flexibility index (Phi) is 3.82. The summed E-state index contributed by atoms with van der Waals surface area (Å²) in [6, 6.07) is 5.14. The molecule has 20 heavy (non-hydrogen) atoms. The highest BCUT2D eigenvalue weighted by Crippen LogP contribution is 2.21. The van der Waals surface area contributed by atoms with Crippen molar-refractivity contribution in [1.82, 2.24) is 4.31 Å². The van der Waals surface area contributed by atoms with Crippen LogP contribution in [0.5, 0.6) is 0 Å². The highest BCUT2D eigenvalue weighted by atomic mass is 32.2. The first kappa shape index (κ1) is 14.5. The van der Waals surface area contributed by atoms with Crippen molar-refractivity contribution < 1.29 is 17.2 Å². The molecule has 0 aliphatic carbocycles. The molecule has 0 spiro atoms. The summed E-state index contributed by atoms with van der Waals surface area (Å²) in [7, 11) is -2.35. The molecule has 0 unspecified atom stereocenters. The number of benzene rings is 1. The molecule has 0 atom stereocenters. The molecule has 0 aliphatic rings. The maximum atomic E-state index is 13.4. The minimum atomic E-state index is -3.77. The van der Waals surface area contributed by atoms with Gasteiger partial charge in [-0.2, -0.15) is 4.31 Å². The van der Waals surface area contributed by atoms with Gasteiger partial charge in [0.15, 0.2) is 0 Å². The molecular formula is C13H15FN2O3S. The minimum absolute atomic E-state index is 0.0858. The number of hydrogen-bond acceptors (Lipinski definition) is 4. The summed E-state index contributed by atoms with van der Waals surface area (Å²) in [5.74, 6) is -0.102. The zero-order valence-corrected chi connectivity index (χ0v) is 11.9. The van der Waals surface area contributed by atoms with Crippen molar-refractivity contribution in [3.63, 3.8) is 0 Å². The Morgan fingerprint density at radius 3 is 2.60 bits per heavy atom. The third-order valence-electron chi connectivity index (χ3n) is 3.04. The fraction of sp³-hybridized carbons (Fsp3) is 0.231. The van der Waals surface area contributed by atoms with E-state index in [9.17, 15) is 12.8 Å². The van der Waals surface area contributed by atoms with Gasteiger partial charge in [0.25, 0.3) is 0 Å². The van der Waals surface area contributed by atoms with E-state index in [0.717, 1.165) is 15.9 Å². The Morgan fingerprint density at radius 1 is 1.35 bits per heavy atom. The lowest BCUT2D eigenvalue weighted by molar-refractivity contribution is 0.458. The Bertz CT molecular complexity index is 725. The Balaban J connectivity index is 2.29. The van der Waals surface area contributed by atoms with Crippen LogP contribution in [0.25, 0.3) is 0 Å². The van der Waals surface area contributed by atoms with Crippen molar-refractivity contribution in [2.75, 3.05) is 12.8 Å². The largest absolute Gasteiger partial charge is 0.469 e. The maximum Gasteiger partial charge on any atom is 0.243 e. The molecule has 0 radical (unpaired) electrons. The van der Waals surface area contributed by atoms with Crippen LogP contribution in [0.15, 0.2) is 39.8 Å². The van der Waals surface area contributed by atoms with Crippen molar-refractivity contribution in [1.29, 1.82) is 0 Å². The second kappa shape index (κ2) is 5.26. The van der Waals surface area contributed by atoms with Crippen molar-refractivity contribution in [2.24, 2.45) is 0 Å². The van der Waals surface area contributed by atoms with E-state index in [1.54, 1.807) is 13.0 Å². The van der Waals surface area contributed by atoms with Gasteiger partial charge in [-0.3, -0.25) is 0 Å². The number of nitrogens with two attached hydrogens (primary N) is 1. The van der Waals surface area contributed by atoms with Crippen LogP contribution < -0.4 is 5.73 Å². The summed E-state index contributed by atoms with van der Waals surface area (Å²) in [5, 5.41) is 0. The first-order chi connectivity index (χ1) is 9.32. The Morgan fingerprint density at radius 2 is 2.05 bits per heavy atom. The third kappa shape index (κ3) is 2.68. The van der Waals surface area contributed by atoms with Crippen molar-refractivity contribution in [3.8, 4) is 0 Å². The number of furan rings is 1. The minimum Gasteiger partial charge on any atom is -0.469 e. The molecule has 0 amide bonds. The van der Waals surface area contributed by atoms with E-state index < -0.39 is 15.8 Å². The maximum absolute atomic E-state index is 13.4. The summed E-state index contributed by atoms with van der Waals surface area (Å²) in [6.07, 6.45) is 1.49. The SMILES string of the molecule is Cc1occc1CN(C)S(=O)(=O)c1ccc(N)c(F)c1. The molecule has 1 aromatic carbocycles. The number of nitrogens with zero attached hydrogens (tertiary/aromatic N) is 1. The van der Waals surface area contributed by atoms with Crippen molar-refractivity contribution in [2.45, 2.75) is 18.4 Å². The topological polar surface area (TPSA) is 76.5 Å². The summed E-state index contributed by atoms with van der Waals surface area (Å²) >= 11 is 0. The van der Waals surface area contributed by atoms with Crippen LogP contribution >= 0.6 is 0 Å². The van der Waals surface area contributed by atoms with Crippen LogP contribution in [0, 0.1) is 12.7 Å². The van der Waals surface area contributed by atoms with E-state index in [2.05, 4.69) is 0 Å². The summed E-state index contributed by atoms with van der Waals surface area (Å²) in [4.78, 5) is -0.132. The lowest BCUT2D eigenvalue weighted by Crippen LogP contribution is -2.26. The van der Waals surface area contributed by atoms with Gasteiger partial charge >= 0.3 is 0 Å². The Hall–Kier alpha value is -1.86. The summed E-state index contributed by atoms with van der Waals surface area (Å²) in [6.45, 7) is 1.90. The predicted octanol–water partition coefficient (Wildman–Crippen LogP) is 2.13. The molecule has 7 heteroatoms. The first-order valence-corrected chi connectivity index (χ1v) is 7.30.